The van der Waals surface area contributed by atoms with Crippen LogP contribution < -0.4 is 0 Å². The molecule has 0 radical (unpaired) electrons. The predicted molar refractivity (Wildman–Crippen MR) is 138 cm³/mol. The van der Waals surface area contributed by atoms with Gasteiger partial charge in [-0.05, 0) is 110 Å². The molecule has 33 heavy (non-hydrogen) atoms. The zero-order valence-electron chi connectivity index (χ0n) is 22.6. The first-order chi connectivity index (χ1) is 15.5. The Balaban J connectivity index is 1.51. The van der Waals surface area contributed by atoms with Gasteiger partial charge in [-0.25, -0.2) is 0 Å². The Kier molecular flexibility index (Phi) is 6.84. The topological polar surface area (TPSA) is 37.3 Å². The van der Waals surface area contributed by atoms with Crippen LogP contribution in [0.25, 0.3) is 0 Å². The van der Waals surface area contributed by atoms with Gasteiger partial charge in [0.25, 0.3) is 0 Å². The number of rotatable bonds is 7. The van der Waals surface area contributed by atoms with E-state index in [0.717, 1.165) is 18.8 Å². The third-order valence-corrected chi connectivity index (χ3v) is 11.2. The van der Waals surface area contributed by atoms with Gasteiger partial charge in [0.05, 0.1) is 6.10 Å². The molecule has 0 aliphatic heterocycles. The number of aliphatic hydroxyl groups is 1. The predicted octanol–water partition coefficient (Wildman–Crippen LogP) is 8.05. The Hall–Kier alpha value is -0.890. The van der Waals surface area contributed by atoms with Gasteiger partial charge in [-0.1, -0.05) is 59.6 Å². The molecule has 0 saturated heterocycles. The van der Waals surface area contributed by atoms with Crippen LogP contribution >= 0.6 is 0 Å². The Morgan fingerprint density at radius 3 is 2.48 bits per heavy atom. The number of fused-ring (bicyclic) bond motifs is 4. The van der Waals surface area contributed by atoms with E-state index in [0.29, 0.717) is 29.1 Å². The average molecular weight is 455 g/mol. The molecule has 0 aromatic heterocycles. The summed E-state index contributed by atoms with van der Waals surface area (Å²) in [6.45, 7) is 16.4. The minimum absolute atomic E-state index is 0.192. The summed E-state index contributed by atoms with van der Waals surface area (Å²) in [4.78, 5) is 12.7. The maximum Gasteiger partial charge on any atom is 0.138 e. The van der Waals surface area contributed by atoms with Crippen molar-refractivity contribution in [3.05, 3.63) is 22.8 Å². The molecule has 2 heteroatoms. The molecule has 4 aliphatic rings. The number of hydrogen-bond acceptors (Lipinski definition) is 2. The van der Waals surface area contributed by atoms with Crippen LogP contribution in [-0.2, 0) is 4.79 Å². The van der Waals surface area contributed by atoms with Crippen LogP contribution in [0.5, 0.6) is 0 Å². The summed E-state index contributed by atoms with van der Waals surface area (Å²) in [5, 5.41) is 9.97. The monoisotopic (exact) mass is 454 g/mol. The lowest BCUT2D eigenvalue weighted by molar-refractivity contribution is -0.126. The minimum Gasteiger partial charge on any atom is -0.393 e. The molecule has 4 rings (SSSR count). The molecule has 0 aromatic rings. The molecule has 1 fully saturated rings. The number of hydrogen-bond donors (Lipinski definition) is 1. The lowest BCUT2D eigenvalue weighted by Gasteiger charge is -2.58. The van der Waals surface area contributed by atoms with Crippen molar-refractivity contribution in [3.63, 3.8) is 0 Å². The number of carbonyl (C=O) groups is 1. The second kappa shape index (κ2) is 8.96. The van der Waals surface area contributed by atoms with Crippen molar-refractivity contribution in [1.82, 2.24) is 0 Å². The van der Waals surface area contributed by atoms with Gasteiger partial charge in [0, 0.05) is 12.3 Å². The van der Waals surface area contributed by atoms with Gasteiger partial charge in [0.15, 0.2) is 0 Å². The van der Waals surface area contributed by atoms with Gasteiger partial charge in [-0.2, -0.15) is 0 Å². The molecule has 1 saturated carbocycles. The molecular formula is C31H50O2. The highest BCUT2D eigenvalue weighted by Crippen LogP contribution is 2.66. The smallest absolute Gasteiger partial charge is 0.138 e. The summed E-state index contributed by atoms with van der Waals surface area (Å²) in [6, 6.07) is 0. The lowest BCUT2D eigenvalue weighted by atomic mass is 9.47. The second-order valence-corrected chi connectivity index (χ2v) is 13.4. The van der Waals surface area contributed by atoms with E-state index >= 15 is 0 Å². The first kappa shape index (κ1) is 25.2. The van der Waals surface area contributed by atoms with Crippen molar-refractivity contribution in [2.24, 2.45) is 39.9 Å². The molecule has 0 amide bonds. The molecule has 2 unspecified atom stereocenters. The molecule has 186 valence electrons. The fourth-order valence-corrected chi connectivity index (χ4v) is 9.28. The normalized spacial score (nSPS) is 38.0. The summed E-state index contributed by atoms with van der Waals surface area (Å²) in [6.07, 6.45) is 15.0. The largest absolute Gasteiger partial charge is 0.393 e. The summed E-state index contributed by atoms with van der Waals surface area (Å²) in [5.74, 6) is 2.10. The van der Waals surface area contributed by atoms with Crippen LogP contribution in [0.2, 0.25) is 0 Å². The molecule has 0 spiro atoms. The minimum atomic E-state index is -0.528. The van der Waals surface area contributed by atoms with Gasteiger partial charge in [-0.15, -0.1) is 0 Å². The van der Waals surface area contributed by atoms with Crippen molar-refractivity contribution in [1.29, 1.82) is 0 Å². The quantitative estimate of drug-likeness (QED) is 0.422. The van der Waals surface area contributed by atoms with Crippen molar-refractivity contribution in [2.45, 2.75) is 125 Å². The van der Waals surface area contributed by atoms with Crippen LogP contribution in [-0.4, -0.2) is 17.0 Å². The highest BCUT2D eigenvalue weighted by atomic mass is 16.3. The van der Waals surface area contributed by atoms with Crippen LogP contribution in [0.3, 0.4) is 0 Å². The standard InChI is InChI=1S/C31H50O2/c1-8-22(21(3)32)27(33)14-10-20(2)24-12-13-25-23-11-15-28-29(4,5)17-9-18-31(28,7)26(23)16-19-30(24,25)6/h13,20-22,24,28,32H,8-12,14-19H2,1-7H3/t20-,21?,22?,24-,28+,30-,31-/m1/s1. The zero-order chi connectivity index (χ0) is 24.2. The number of aliphatic hydroxyl groups excluding tert-OH is 1. The van der Waals surface area contributed by atoms with E-state index in [1.54, 1.807) is 18.1 Å². The van der Waals surface area contributed by atoms with E-state index in [2.05, 4.69) is 40.7 Å². The van der Waals surface area contributed by atoms with E-state index in [-0.39, 0.29) is 17.1 Å². The summed E-state index contributed by atoms with van der Waals surface area (Å²) >= 11 is 0. The van der Waals surface area contributed by atoms with E-state index in [1.165, 1.54) is 51.4 Å². The maximum atomic E-state index is 12.7. The van der Waals surface area contributed by atoms with Crippen LogP contribution in [0.15, 0.2) is 22.8 Å². The lowest BCUT2D eigenvalue weighted by Crippen LogP contribution is -2.47. The highest BCUT2D eigenvalue weighted by molar-refractivity contribution is 5.81. The average Bonchev–Trinajstić information content (AvgIpc) is 3.09. The van der Waals surface area contributed by atoms with Crippen molar-refractivity contribution >= 4 is 5.78 Å². The molecule has 2 nitrogen and oxygen atoms in total. The van der Waals surface area contributed by atoms with Crippen LogP contribution in [0.1, 0.15) is 119 Å². The third-order valence-electron chi connectivity index (χ3n) is 11.2. The van der Waals surface area contributed by atoms with E-state index < -0.39 is 6.10 Å². The Labute approximate surface area is 203 Å². The molecule has 1 N–H and O–H groups in total. The van der Waals surface area contributed by atoms with Crippen molar-refractivity contribution in [3.8, 4) is 0 Å². The molecule has 0 aromatic carbocycles. The first-order valence-corrected chi connectivity index (χ1v) is 14.1. The molecule has 0 bridgehead atoms. The maximum absolute atomic E-state index is 12.7. The first-order valence-electron chi connectivity index (χ1n) is 14.1. The Morgan fingerprint density at radius 1 is 1.09 bits per heavy atom. The summed E-state index contributed by atoms with van der Waals surface area (Å²) in [5.41, 5.74) is 6.45. The Morgan fingerprint density at radius 2 is 1.82 bits per heavy atom. The number of carbonyl (C=O) groups excluding carboxylic acids is 1. The number of ketones is 1. The SMILES string of the molecule is CCC(C(=O)CC[C@@H](C)[C@H]1CC=C2C3=C(CC[C@@]21C)[C@@]1(C)CCCC(C)(C)[C@@H]1CC3)C(C)O. The van der Waals surface area contributed by atoms with Gasteiger partial charge >= 0.3 is 0 Å². The molecular weight excluding hydrogens is 404 g/mol. The third kappa shape index (κ3) is 4.11. The van der Waals surface area contributed by atoms with E-state index in [4.69, 9.17) is 0 Å². The molecule has 0 heterocycles. The Bertz CT molecular complexity index is 830. The molecule has 7 atom stereocenters. The number of allylic oxidation sites excluding steroid dienone is 4. The van der Waals surface area contributed by atoms with E-state index in [9.17, 15) is 9.90 Å². The second-order valence-electron chi connectivity index (χ2n) is 13.4. The van der Waals surface area contributed by atoms with Gasteiger partial charge < -0.3 is 5.11 Å². The fourth-order valence-electron chi connectivity index (χ4n) is 9.28. The van der Waals surface area contributed by atoms with Crippen molar-refractivity contribution in [2.75, 3.05) is 0 Å². The van der Waals surface area contributed by atoms with Crippen molar-refractivity contribution < 1.29 is 9.90 Å². The summed E-state index contributed by atoms with van der Waals surface area (Å²) in [7, 11) is 0. The molecule has 4 aliphatic carbocycles. The fraction of sp³-hybridized carbons (Fsp3) is 0.839. The van der Waals surface area contributed by atoms with Gasteiger partial charge in [0.1, 0.15) is 5.78 Å². The number of Topliss-reactive ketones (excluding diaryl/α,β-unsaturated/α-hetero) is 1. The van der Waals surface area contributed by atoms with Gasteiger partial charge in [-0.3, -0.25) is 4.79 Å². The van der Waals surface area contributed by atoms with Crippen LogP contribution in [0, 0.1) is 39.9 Å². The zero-order valence-corrected chi connectivity index (χ0v) is 22.6. The van der Waals surface area contributed by atoms with E-state index in [1.807, 2.05) is 12.5 Å². The van der Waals surface area contributed by atoms with Gasteiger partial charge in [0.2, 0.25) is 0 Å². The van der Waals surface area contributed by atoms with Crippen LogP contribution in [0.4, 0.5) is 0 Å². The summed E-state index contributed by atoms with van der Waals surface area (Å²) < 4.78 is 0. The highest BCUT2D eigenvalue weighted by Gasteiger charge is 2.55.